The third-order valence-electron chi connectivity index (χ3n) is 4.40. The second-order valence-corrected chi connectivity index (χ2v) is 6.95. The van der Waals surface area contributed by atoms with E-state index in [1.54, 1.807) is 18.4 Å². The van der Waals surface area contributed by atoms with E-state index in [4.69, 9.17) is 9.84 Å². The van der Waals surface area contributed by atoms with Crippen LogP contribution in [0.15, 0.2) is 54.7 Å². The Kier molecular flexibility index (Phi) is 3.46. The van der Waals surface area contributed by atoms with Gasteiger partial charge in [0.2, 0.25) is 4.96 Å². The smallest absolute Gasteiger partial charge is 0.234 e. The second kappa shape index (κ2) is 5.96. The van der Waals surface area contributed by atoms with E-state index in [1.807, 2.05) is 47.1 Å². The third-order valence-corrected chi connectivity index (χ3v) is 5.33. The fraction of sp³-hybridized carbons (Fsp3) is 0.105. The van der Waals surface area contributed by atoms with Crippen molar-refractivity contribution in [1.82, 2.24) is 24.8 Å². The lowest BCUT2D eigenvalue weighted by atomic mass is 10.1. The molecule has 0 radical (unpaired) electrons. The maximum absolute atomic E-state index is 5.21. The number of hydrogen-bond donors (Lipinski definition) is 1. The molecule has 0 aliphatic carbocycles. The summed E-state index contributed by atoms with van der Waals surface area (Å²) in [6.45, 7) is 0. The molecule has 0 unspecified atom stereocenters. The molecule has 26 heavy (non-hydrogen) atoms. The van der Waals surface area contributed by atoms with Crippen LogP contribution in [0.25, 0.3) is 26.4 Å². The van der Waals surface area contributed by atoms with Crippen LogP contribution in [-0.4, -0.2) is 31.9 Å². The molecule has 5 aromatic rings. The van der Waals surface area contributed by atoms with Crippen molar-refractivity contribution in [1.29, 1.82) is 0 Å². The Labute approximate surface area is 153 Å². The third kappa shape index (κ3) is 2.44. The molecule has 0 aliphatic rings. The van der Waals surface area contributed by atoms with Crippen LogP contribution in [0.2, 0.25) is 0 Å². The molecule has 0 bridgehead atoms. The highest BCUT2D eigenvalue weighted by Gasteiger charge is 2.15. The molecule has 3 aromatic heterocycles. The van der Waals surface area contributed by atoms with Crippen LogP contribution in [0.3, 0.4) is 0 Å². The molecule has 6 nitrogen and oxygen atoms in total. The molecule has 128 valence electrons. The average Bonchev–Trinajstić information content (AvgIpc) is 3.37. The van der Waals surface area contributed by atoms with Gasteiger partial charge in [0.15, 0.2) is 5.82 Å². The first-order valence-electron chi connectivity index (χ1n) is 8.22. The fourth-order valence-corrected chi connectivity index (χ4v) is 3.94. The van der Waals surface area contributed by atoms with Gasteiger partial charge in [0, 0.05) is 29.1 Å². The number of nitrogens with zero attached hydrogens (tertiary/aromatic N) is 4. The summed E-state index contributed by atoms with van der Waals surface area (Å²) in [4.78, 5) is 4.10. The number of hydrogen-bond acceptors (Lipinski definition) is 5. The number of aromatic amines is 1. The molecule has 5 rings (SSSR count). The summed E-state index contributed by atoms with van der Waals surface area (Å²) in [6, 6.07) is 16.2. The minimum atomic E-state index is 0.669. The summed E-state index contributed by atoms with van der Waals surface area (Å²) < 4.78 is 7.05. The van der Waals surface area contributed by atoms with Gasteiger partial charge >= 0.3 is 0 Å². The first-order valence-corrected chi connectivity index (χ1v) is 9.04. The summed E-state index contributed by atoms with van der Waals surface area (Å²) in [6.07, 6.45) is 2.67. The van der Waals surface area contributed by atoms with Gasteiger partial charge in [-0.2, -0.15) is 9.61 Å². The zero-order chi connectivity index (χ0) is 17.5. The topological polar surface area (TPSA) is 68.1 Å². The monoisotopic (exact) mass is 361 g/mol. The van der Waals surface area contributed by atoms with Crippen molar-refractivity contribution >= 4 is 27.2 Å². The van der Waals surface area contributed by atoms with Crippen molar-refractivity contribution < 1.29 is 4.74 Å². The summed E-state index contributed by atoms with van der Waals surface area (Å²) in [5.41, 5.74) is 3.33. The zero-order valence-corrected chi connectivity index (χ0v) is 14.8. The van der Waals surface area contributed by atoms with Crippen LogP contribution in [0.1, 0.15) is 11.4 Å². The molecule has 0 saturated heterocycles. The van der Waals surface area contributed by atoms with Gasteiger partial charge < -0.3 is 9.72 Å². The Morgan fingerprint density at radius 3 is 2.77 bits per heavy atom. The van der Waals surface area contributed by atoms with Crippen LogP contribution in [0.4, 0.5) is 0 Å². The average molecular weight is 361 g/mol. The van der Waals surface area contributed by atoms with Crippen LogP contribution in [0.5, 0.6) is 5.75 Å². The van der Waals surface area contributed by atoms with E-state index in [1.165, 1.54) is 0 Å². The lowest BCUT2D eigenvalue weighted by Gasteiger charge is -2.01. The first-order chi connectivity index (χ1) is 12.8. The summed E-state index contributed by atoms with van der Waals surface area (Å²) in [7, 11) is 1.67. The van der Waals surface area contributed by atoms with Crippen molar-refractivity contribution in [3.05, 3.63) is 66.1 Å². The van der Waals surface area contributed by atoms with Gasteiger partial charge in [-0.3, -0.25) is 0 Å². The largest absolute Gasteiger partial charge is 0.497 e. The van der Waals surface area contributed by atoms with Crippen molar-refractivity contribution in [2.45, 2.75) is 6.42 Å². The van der Waals surface area contributed by atoms with Crippen LogP contribution in [0, 0.1) is 0 Å². The van der Waals surface area contributed by atoms with E-state index in [9.17, 15) is 0 Å². The molecular formula is C19H15N5OS. The van der Waals surface area contributed by atoms with Gasteiger partial charge in [-0.1, -0.05) is 41.7 Å². The summed E-state index contributed by atoms with van der Waals surface area (Å²) >= 11 is 1.55. The predicted molar refractivity (Wildman–Crippen MR) is 102 cm³/mol. The Balaban J connectivity index is 1.52. The molecule has 1 N–H and O–H groups in total. The maximum Gasteiger partial charge on any atom is 0.234 e. The van der Waals surface area contributed by atoms with Gasteiger partial charge in [-0.25, -0.2) is 0 Å². The van der Waals surface area contributed by atoms with E-state index in [0.29, 0.717) is 6.42 Å². The van der Waals surface area contributed by atoms with Gasteiger partial charge in [0.25, 0.3) is 0 Å². The molecule has 0 saturated carbocycles. The fourth-order valence-electron chi connectivity index (χ4n) is 3.05. The number of fused-ring (bicyclic) bond motifs is 2. The zero-order valence-electron chi connectivity index (χ0n) is 14.0. The van der Waals surface area contributed by atoms with E-state index < -0.39 is 0 Å². The number of aromatic nitrogens is 5. The number of nitrogens with one attached hydrogen (secondary N) is 1. The van der Waals surface area contributed by atoms with Crippen LogP contribution >= 0.6 is 11.3 Å². The predicted octanol–water partition coefficient (Wildman–Crippen LogP) is 3.93. The molecule has 0 amide bonds. The molecule has 0 aliphatic heterocycles. The molecule has 0 atom stereocenters. The molecule has 0 spiro atoms. The number of rotatable bonds is 4. The van der Waals surface area contributed by atoms with Gasteiger partial charge in [-0.05, 0) is 23.8 Å². The summed E-state index contributed by atoms with van der Waals surface area (Å²) in [5.74, 6) is 1.67. The lowest BCUT2D eigenvalue weighted by molar-refractivity contribution is 0.414. The number of benzene rings is 2. The number of H-pyrrole nitrogens is 1. The van der Waals surface area contributed by atoms with Gasteiger partial charge in [0.1, 0.15) is 10.8 Å². The molecule has 0 fully saturated rings. The van der Waals surface area contributed by atoms with E-state index in [0.717, 1.165) is 43.6 Å². The van der Waals surface area contributed by atoms with Crippen LogP contribution in [-0.2, 0) is 6.42 Å². The lowest BCUT2D eigenvalue weighted by Crippen LogP contribution is -1.97. The Morgan fingerprint density at radius 1 is 1.08 bits per heavy atom. The highest BCUT2D eigenvalue weighted by Crippen LogP contribution is 2.31. The maximum atomic E-state index is 5.21. The Morgan fingerprint density at radius 2 is 1.92 bits per heavy atom. The van der Waals surface area contributed by atoms with Crippen molar-refractivity contribution in [3.63, 3.8) is 0 Å². The van der Waals surface area contributed by atoms with Crippen molar-refractivity contribution in [2.24, 2.45) is 0 Å². The molecule has 3 heterocycles. The molecular weight excluding hydrogens is 346 g/mol. The number of ether oxygens (including phenoxy) is 1. The van der Waals surface area contributed by atoms with Crippen molar-refractivity contribution in [3.8, 4) is 16.3 Å². The number of methoxy groups -OCH3 is 1. The highest BCUT2D eigenvalue weighted by molar-refractivity contribution is 7.19. The molecule has 2 aromatic carbocycles. The molecule has 7 heteroatoms. The SMILES string of the molecule is COc1ccc(Cc2nnc3sc(-c4c[nH]c5ccccc45)nn23)cc1. The van der Waals surface area contributed by atoms with Gasteiger partial charge in [-0.15, -0.1) is 10.2 Å². The standard InChI is InChI=1S/C19H15N5OS/c1-25-13-8-6-12(7-9-13)10-17-21-22-19-24(17)23-18(26-19)15-11-20-16-5-3-2-4-14(15)16/h2-9,11,20H,10H2,1H3. The Hall–Kier alpha value is -3.19. The van der Waals surface area contributed by atoms with Crippen LogP contribution < -0.4 is 4.74 Å². The minimum Gasteiger partial charge on any atom is -0.497 e. The normalized spacial score (nSPS) is 11.4. The highest BCUT2D eigenvalue weighted by atomic mass is 32.1. The van der Waals surface area contributed by atoms with E-state index >= 15 is 0 Å². The van der Waals surface area contributed by atoms with E-state index in [2.05, 4.69) is 27.3 Å². The first kappa shape index (κ1) is 15.1. The van der Waals surface area contributed by atoms with E-state index in [-0.39, 0.29) is 0 Å². The van der Waals surface area contributed by atoms with Gasteiger partial charge in [0.05, 0.1) is 7.11 Å². The second-order valence-electron chi connectivity index (χ2n) is 5.99. The minimum absolute atomic E-state index is 0.669. The Bertz CT molecular complexity index is 1200. The van der Waals surface area contributed by atoms with Crippen molar-refractivity contribution in [2.75, 3.05) is 7.11 Å². The number of para-hydroxylation sites is 1. The summed E-state index contributed by atoms with van der Waals surface area (Å²) in [5, 5.41) is 15.4. The quantitative estimate of drug-likeness (QED) is 0.527.